The summed E-state index contributed by atoms with van der Waals surface area (Å²) in [5.41, 5.74) is 2.76. The largest absolute Gasteiger partial charge is 0.395 e. The van der Waals surface area contributed by atoms with E-state index >= 15 is 0 Å². The highest BCUT2D eigenvalue weighted by Gasteiger charge is 2.05. The third kappa shape index (κ3) is 5.90. The number of aryl methyl sites for hydroxylation is 1. The van der Waals surface area contributed by atoms with Gasteiger partial charge in [-0.1, -0.05) is 25.7 Å². The van der Waals surface area contributed by atoms with Crippen molar-refractivity contribution in [2.75, 3.05) is 11.9 Å². The summed E-state index contributed by atoms with van der Waals surface area (Å²) in [6.07, 6.45) is 1.93. The van der Waals surface area contributed by atoms with Crippen molar-refractivity contribution in [3.8, 4) is 11.8 Å². The zero-order valence-electron chi connectivity index (χ0n) is 12.5. The standard InChI is InChI=1S/C17H23NO2/c1-13(2)7-10-17(20)18-16-9-8-15(14(3)12-16)6-4-5-11-19/h8-9,12-13,19H,5,7,10-11H2,1-3H3,(H,18,20). The molecule has 0 fully saturated rings. The first-order valence-electron chi connectivity index (χ1n) is 7.03. The lowest BCUT2D eigenvalue weighted by Gasteiger charge is -2.08. The Labute approximate surface area is 121 Å². The molecular weight excluding hydrogens is 250 g/mol. The predicted octanol–water partition coefficient (Wildman–Crippen LogP) is 3.10. The molecule has 0 bridgehead atoms. The van der Waals surface area contributed by atoms with Gasteiger partial charge in [-0.3, -0.25) is 4.79 Å². The van der Waals surface area contributed by atoms with E-state index < -0.39 is 0 Å². The first kappa shape index (κ1) is 16.3. The summed E-state index contributed by atoms with van der Waals surface area (Å²) in [5.74, 6) is 6.50. The van der Waals surface area contributed by atoms with E-state index in [0.29, 0.717) is 18.8 Å². The minimum Gasteiger partial charge on any atom is -0.395 e. The van der Waals surface area contributed by atoms with Gasteiger partial charge >= 0.3 is 0 Å². The van der Waals surface area contributed by atoms with Crippen molar-refractivity contribution < 1.29 is 9.90 Å². The van der Waals surface area contributed by atoms with E-state index in [9.17, 15) is 4.79 Å². The number of carbonyl (C=O) groups is 1. The summed E-state index contributed by atoms with van der Waals surface area (Å²) in [6, 6.07) is 5.69. The van der Waals surface area contributed by atoms with E-state index in [4.69, 9.17) is 5.11 Å². The molecule has 1 rings (SSSR count). The quantitative estimate of drug-likeness (QED) is 0.810. The van der Waals surface area contributed by atoms with E-state index in [1.807, 2.05) is 25.1 Å². The van der Waals surface area contributed by atoms with E-state index in [-0.39, 0.29) is 12.5 Å². The van der Waals surface area contributed by atoms with Gasteiger partial charge in [0.2, 0.25) is 5.91 Å². The molecule has 0 radical (unpaired) electrons. The number of hydrogen-bond acceptors (Lipinski definition) is 2. The molecule has 1 aromatic rings. The average Bonchev–Trinajstić information content (AvgIpc) is 2.39. The SMILES string of the molecule is Cc1cc(NC(=O)CCC(C)C)ccc1C#CCCO. The topological polar surface area (TPSA) is 49.3 Å². The minimum absolute atomic E-state index is 0.0530. The van der Waals surface area contributed by atoms with E-state index in [1.54, 1.807) is 0 Å². The van der Waals surface area contributed by atoms with Crippen LogP contribution in [0.2, 0.25) is 0 Å². The fourth-order valence-electron chi connectivity index (χ4n) is 1.74. The van der Waals surface area contributed by atoms with Crippen LogP contribution in [0.4, 0.5) is 5.69 Å². The molecule has 0 spiro atoms. The van der Waals surface area contributed by atoms with E-state index in [0.717, 1.165) is 23.2 Å². The number of anilines is 1. The molecule has 0 saturated carbocycles. The average molecular weight is 273 g/mol. The van der Waals surface area contributed by atoms with Crippen LogP contribution in [0.3, 0.4) is 0 Å². The fourth-order valence-corrected chi connectivity index (χ4v) is 1.74. The predicted molar refractivity (Wildman–Crippen MR) is 82.5 cm³/mol. The number of amides is 1. The van der Waals surface area contributed by atoms with Crippen molar-refractivity contribution in [1.29, 1.82) is 0 Å². The molecule has 20 heavy (non-hydrogen) atoms. The Hall–Kier alpha value is -1.79. The molecule has 2 N–H and O–H groups in total. The monoisotopic (exact) mass is 273 g/mol. The summed E-state index contributed by atoms with van der Waals surface area (Å²) in [7, 11) is 0. The molecule has 0 aliphatic carbocycles. The Morgan fingerprint density at radius 3 is 2.75 bits per heavy atom. The van der Waals surface area contributed by atoms with Gasteiger partial charge in [0.05, 0.1) is 6.61 Å². The molecule has 108 valence electrons. The second-order valence-corrected chi connectivity index (χ2v) is 5.29. The minimum atomic E-state index is 0.0530. The summed E-state index contributed by atoms with van der Waals surface area (Å²) in [4.78, 5) is 11.8. The Morgan fingerprint density at radius 1 is 1.40 bits per heavy atom. The maximum absolute atomic E-state index is 11.8. The van der Waals surface area contributed by atoms with Crippen molar-refractivity contribution in [3.05, 3.63) is 29.3 Å². The number of aliphatic hydroxyl groups excluding tert-OH is 1. The maximum Gasteiger partial charge on any atom is 0.224 e. The Bertz CT molecular complexity index is 509. The van der Waals surface area contributed by atoms with Crippen molar-refractivity contribution in [2.45, 2.75) is 40.0 Å². The van der Waals surface area contributed by atoms with Gasteiger partial charge in [0.1, 0.15) is 0 Å². The molecule has 1 amide bonds. The van der Waals surface area contributed by atoms with Gasteiger partial charge in [-0.15, -0.1) is 0 Å². The van der Waals surface area contributed by atoms with Crippen molar-refractivity contribution in [3.63, 3.8) is 0 Å². The van der Waals surface area contributed by atoms with Crippen LogP contribution < -0.4 is 5.32 Å². The Kier molecular flexibility index (Phi) is 6.83. The second kappa shape index (κ2) is 8.39. The number of hydrogen-bond donors (Lipinski definition) is 2. The van der Waals surface area contributed by atoms with Crippen LogP contribution in [0.5, 0.6) is 0 Å². The van der Waals surface area contributed by atoms with Gasteiger partial charge in [-0.25, -0.2) is 0 Å². The van der Waals surface area contributed by atoms with E-state index in [1.165, 1.54) is 0 Å². The highest BCUT2D eigenvalue weighted by Crippen LogP contribution is 2.15. The molecule has 3 nitrogen and oxygen atoms in total. The molecule has 0 aliphatic heterocycles. The Balaban J connectivity index is 2.64. The second-order valence-electron chi connectivity index (χ2n) is 5.29. The highest BCUT2D eigenvalue weighted by atomic mass is 16.2. The summed E-state index contributed by atoms with van der Waals surface area (Å²) < 4.78 is 0. The number of nitrogens with one attached hydrogen (secondary N) is 1. The fraction of sp³-hybridized carbons (Fsp3) is 0.471. The van der Waals surface area contributed by atoms with Crippen LogP contribution in [-0.2, 0) is 4.79 Å². The van der Waals surface area contributed by atoms with Crippen molar-refractivity contribution in [2.24, 2.45) is 5.92 Å². The van der Waals surface area contributed by atoms with Crippen LogP contribution in [0.15, 0.2) is 18.2 Å². The van der Waals surface area contributed by atoms with Crippen molar-refractivity contribution in [1.82, 2.24) is 0 Å². The molecule has 0 saturated heterocycles. The number of benzene rings is 1. The lowest BCUT2D eigenvalue weighted by atomic mass is 10.1. The lowest BCUT2D eigenvalue weighted by molar-refractivity contribution is -0.116. The van der Waals surface area contributed by atoms with Crippen LogP contribution in [0.25, 0.3) is 0 Å². The van der Waals surface area contributed by atoms with Crippen molar-refractivity contribution >= 4 is 11.6 Å². The highest BCUT2D eigenvalue weighted by molar-refractivity contribution is 5.90. The normalized spacial score (nSPS) is 10.1. The van der Waals surface area contributed by atoms with Crippen LogP contribution in [-0.4, -0.2) is 17.6 Å². The lowest BCUT2D eigenvalue weighted by Crippen LogP contribution is -2.12. The maximum atomic E-state index is 11.8. The zero-order valence-corrected chi connectivity index (χ0v) is 12.5. The zero-order chi connectivity index (χ0) is 15.0. The Morgan fingerprint density at radius 2 is 2.15 bits per heavy atom. The van der Waals surface area contributed by atoms with Crippen LogP contribution in [0, 0.1) is 24.7 Å². The molecule has 0 aliphatic rings. The third-order valence-corrected chi connectivity index (χ3v) is 2.92. The van der Waals surface area contributed by atoms with Gasteiger partial charge in [0.15, 0.2) is 0 Å². The van der Waals surface area contributed by atoms with E-state index in [2.05, 4.69) is 31.0 Å². The molecule has 0 unspecified atom stereocenters. The first-order valence-corrected chi connectivity index (χ1v) is 7.03. The summed E-state index contributed by atoms with van der Waals surface area (Å²) in [5, 5.41) is 11.6. The molecule has 3 heteroatoms. The van der Waals surface area contributed by atoms with Gasteiger partial charge in [0.25, 0.3) is 0 Å². The van der Waals surface area contributed by atoms with Gasteiger partial charge in [-0.05, 0) is 43.0 Å². The van der Waals surface area contributed by atoms with Gasteiger partial charge in [-0.2, -0.15) is 0 Å². The molecule has 0 atom stereocenters. The molecular formula is C17H23NO2. The number of aliphatic hydroxyl groups is 1. The molecule has 0 aromatic heterocycles. The number of rotatable bonds is 5. The van der Waals surface area contributed by atoms with Gasteiger partial charge < -0.3 is 10.4 Å². The van der Waals surface area contributed by atoms with Gasteiger partial charge in [0, 0.05) is 24.1 Å². The third-order valence-electron chi connectivity index (χ3n) is 2.92. The molecule has 1 aromatic carbocycles. The van der Waals surface area contributed by atoms with Crippen LogP contribution >= 0.6 is 0 Å². The summed E-state index contributed by atoms with van der Waals surface area (Å²) in [6.45, 7) is 6.26. The summed E-state index contributed by atoms with van der Waals surface area (Å²) >= 11 is 0. The number of carbonyl (C=O) groups excluding carboxylic acids is 1. The smallest absolute Gasteiger partial charge is 0.224 e. The molecule has 0 heterocycles. The van der Waals surface area contributed by atoms with Crippen LogP contribution in [0.1, 0.15) is 44.2 Å². The first-order chi connectivity index (χ1) is 9.52.